The van der Waals surface area contributed by atoms with Crippen molar-refractivity contribution in [2.24, 2.45) is 23.7 Å². The van der Waals surface area contributed by atoms with Crippen molar-refractivity contribution in [2.75, 3.05) is 20.3 Å². The predicted molar refractivity (Wildman–Crippen MR) is 124 cm³/mol. The van der Waals surface area contributed by atoms with Gasteiger partial charge in [-0.05, 0) is 73.6 Å². The summed E-state index contributed by atoms with van der Waals surface area (Å²) in [5.74, 6) is -1.82. The van der Waals surface area contributed by atoms with Gasteiger partial charge in [-0.1, -0.05) is 6.07 Å². The molecule has 5 rings (SSSR count). The van der Waals surface area contributed by atoms with E-state index in [0.717, 1.165) is 24.2 Å². The van der Waals surface area contributed by atoms with Crippen molar-refractivity contribution in [3.8, 4) is 11.5 Å². The first-order valence-corrected chi connectivity index (χ1v) is 11.9. The number of carbonyl (C=O) groups is 5. The van der Waals surface area contributed by atoms with E-state index >= 15 is 0 Å². The Morgan fingerprint density at radius 3 is 2.19 bits per heavy atom. The van der Waals surface area contributed by atoms with E-state index < -0.39 is 30.9 Å². The number of esters is 2. The molecule has 0 aromatic heterocycles. The normalized spacial score (nSPS) is 24.0. The summed E-state index contributed by atoms with van der Waals surface area (Å²) in [5, 5.41) is 0. The number of ether oxygens (including phenoxy) is 3. The molecule has 0 N–H and O–H groups in total. The lowest BCUT2D eigenvalue weighted by Crippen LogP contribution is -2.38. The number of carbonyl (C=O) groups excluding carboxylic acids is 5. The van der Waals surface area contributed by atoms with Crippen LogP contribution in [0.4, 0.5) is 0 Å². The largest absolute Gasteiger partial charge is 0.497 e. The zero-order chi connectivity index (χ0) is 25.4. The zero-order valence-corrected chi connectivity index (χ0v) is 19.7. The molecular weight excluding hydrogens is 466 g/mol. The average Bonchev–Trinajstić information content (AvgIpc) is 3.58. The molecule has 2 aliphatic carbocycles. The summed E-state index contributed by atoms with van der Waals surface area (Å²) in [7, 11) is 1.50. The van der Waals surface area contributed by atoms with Crippen LogP contribution in [0.1, 0.15) is 40.0 Å². The highest BCUT2D eigenvalue weighted by molar-refractivity contribution is 6.08. The Hall–Kier alpha value is -4.01. The first-order valence-electron chi connectivity index (χ1n) is 11.9. The molecule has 0 spiro atoms. The highest BCUT2D eigenvalue weighted by atomic mass is 16.5. The molecule has 0 radical (unpaired) electrons. The maximum absolute atomic E-state index is 12.7. The summed E-state index contributed by atoms with van der Waals surface area (Å²) in [4.78, 5) is 63.5. The number of rotatable bonds is 8. The van der Waals surface area contributed by atoms with Gasteiger partial charge in [0, 0.05) is 5.56 Å². The summed E-state index contributed by atoms with van der Waals surface area (Å²) >= 11 is 0. The Bertz CT molecular complexity index is 1210. The predicted octanol–water partition coefficient (Wildman–Crippen LogP) is 2.67. The summed E-state index contributed by atoms with van der Waals surface area (Å²) in [6.07, 6.45) is 2.83. The van der Waals surface area contributed by atoms with Crippen LogP contribution in [-0.4, -0.2) is 54.7 Å². The third kappa shape index (κ3) is 4.36. The van der Waals surface area contributed by atoms with Crippen LogP contribution >= 0.6 is 0 Å². The third-order valence-electron chi connectivity index (χ3n) is 7.36. The highest BCUT2D eigenvalue weighted by Crippen LogP contribution is 2.56. The Kier molecular flexibility index (Phi) is 6.30. The van der Waals surface area contributed by atoms with Crippen molar-refractivity contribution in [1.82, 2.24) is 4.90 Å². The van der Waals surface area contributed by atoms with Gasteiger partial charge >= 0.3 is 11.9 Å². The fraction of sp³-hybridized carbons (Fsp3) is 0.370. The number of hydrogen-bond donors (Lipinski definition) is 0. The maximum Gasteiger partial charge on any atom is 0.343 e. The molecule has 1 aliphatic heterocycles. The van der Waals surface area contributed by atoms with Gasteiger partial charge in [-0.25, -0.2) is 4.79 Å². The molecule has 9 heteroatoms. The van der Waals surface area contributed by atoms with Crippen LogP contribution in [0.5, 0.6) is 11.5 Å². The Morgan fingerprint density at radius 2 is 1.56 bits per heavy atom. The number of nitrogens with zero attached hydrogens (tertiary/aromatic N) is 1. The molecule has 186 valence electrons. The van der Waals surface area contributed by atoms with Crippen LogP contribution in [0.25, 0.3) is 0 Å². The lowest BCUT2D eigenvalue weighted by Gasteiger charge is -2.19. The second kappa shape index (κ2) is 9.56. The number of Topliss-reactive ketones (excluding diaryl/α,β-unsaturated/α-hetero) is 1. The number of ketones is 1. The first-order chi connectivity index (χ1) is 17.4. The molecule has 2 amide bonds. The summed E-state index contributed by atoms with van der Waals surface area (Å²) in [6, 6.07) is 12.3. The Morgan fingerprint density at radius 1 is 0.889 bits per heavy atom. The number of likely N-dealkylation sites (tertiary alicyclic amines) is 1. The first kappa shape index (κ1) is 23.7. The van der Waals surface area contributed by atoms with Crippen LogP contribution in [-0.2, 0) is 19.1 Å². The van der Waals surface area contributed by atoms with E-state index in [2.05, 4.69) is 0 Å². The van der Waals surface area contributed by atoms with E-state index in [1.54, 1.807) is 24.3 Å². The number of benzene rings is 2. The van der Waals surface area contributed by atoms with E-state index in [1.165, 1.54) is 31.4 Å². The zero-order valence-electron chi connectivity index (χ0n) is 19.7. The van der Waals surface area contributed by atoms with E-state index in [-0.39, 0.29) is 46.8 Å². The molecule has 2 bridgehead atoms. The monoisotopic (exact) mass is 491 g/mol. The SMILES string of the molecule is COc1cccc(C(=O)Oc2ccc(C(=O)COC(=O)CN3C(=O)[C@H]4[C@@H]5CC[C@@H](C5)[C@@H]4C3=O)cc2)c1. The Labute approximate surface area is 207 Å². The van der Waals surface area contributed by atoms with Crippen LogP contribution in [0.2, 0.25) is 0 Å². The lowest BCUT2D eigenvalue weighted by molar-refractivity contribution is -0.152. The van der Waals surface area contributed by atoms with Crippen molar-refractivity contribution in [2.45, 2.75) is 19.3 Å². The van der Waals surface area contributed by atoms with Gasteiger partial charge in [0.2, 0.25) is 11.8 Å². The minimum absolute atomic E-state index is 0.233. The molecule has 3 aliphatic rings. The van der Waals surface area contributed by atoms with Gasteiger partial charge in [0.25, 0.3) is 0 Å². The molecule has 3 fully saturated rings. The number of hydrogen-bond acceptors (Lipinski definition) is 8. The molecule has 2 aromatic rings. The fourth-order valence-corrected chi connectivity index (χ4v) is 5.66. The second-order valence-corrected chi connectivity index (χ2v) is 9.38. The standard InChI is InChI=1S/C27H25NO8/c1-34-20-4-2-3-18(12-20)27(33)36-19-9-7-15(8-10-19)21(29)14-35-22(30)13-28-25(31)23-16-5-6-17(11-16)24(23)26(28)32/h2-4,7-10,12,16-17,23-24H,5-6,11,13-14H2,1H3/t16-,17+,23-,24-/m0/s1. The topological polar surface area (TPSA) is 116 Å². The van der Waals surface area contributed by atoms with Crippen molar-refractivity contribution in [1.29, 1.82) is 0 Å². The van der Waals surface area contributed by atoms with E-state index in [4.69, 9.17) is 14.2 Å². The van der Waals surface area contributed by atoms with Crippen LogP contribution in [0.3, 0.4) is 0 Å². The van der Waals surface area contributed by atoms with E-state index in [9.17, 15) is 24.0 Å². The van der Waals surface area contributed by atoms with Crippen molar-refractivity contribution < 1.29 is 38.2 Å². The number of amides is 2. The minimum atomic E-state index is -0.804. The highest BCUT2D eigenvalue weighted by Gasteiger charge is 2.61. The molecule has 36 heavy (non-hydrogen) atoms. The van der Waals surface area contributed by atoms with Gasteiger partial charge in [-0.3, -0.25) is 24.1 Å². The number of imide groups is 1. The lowest BCUT2D eigenvalue weighted by atomic mass is 9.81. The third-order valence-corrected chi connectivity index (χ3v) is 7.36. The molecule has 1 saturated heterocycles. The Balaban J connectivity index is 1.12. The van der Waals surface area contributed by atoms with Gasteiger partial charge in [0.1, 0.15) is 18.0 Å². The van der Waals surface area contributed by atoms with Gasteiger partial charge in [-0.15, -0.1) is 0 Å². The van der Waals surface area contributed by atoms with Gasteiger partial charge in [0.05, 0.1) is 24.5 Å². The van der Waals surface area contributed by atoms with Crippen molar-refractivity contribution >= 4 is 29.5 Å². The maximum atomic E-state index is 12.7. The average molecular weight is 491 g/mol. The van der Waals surface area contributed by atoms with E-state index in [1.807, 2.05) is 0 Å². The van der Waals surface area contributed by atoms with Crippen LogP contribution in [0.15, 0.2) is 48.5 Å². The molecule has 4 atom stereocenters. The number of fused-ring (bicyclic) bond motifs is 5. The van der Waals surface area contributed by atoms with Gasteiger partial charge in [-0.2, -0.15) is 0 Å². The summed E-state index contributed by atoms with van der Waals surface area (Å²) < 4.78 is 15.5. The van der Waals surface area contributed by atoms with Crippen molar-refractivity contribution in [3.05, 3.63) is 59.7 Å². The fourth-order valence-electron chi connectivity index (χ4n) is 5.66. The van der Waals surface area contributed by atoms with Gasteiger partial charge < -0.3 is 14.2 Å². The minimum Gasteiger partial charge on any atom is -0.497 e. The summed E-state index contributed by atoms with van der Waals surface area (Å²) in [5.41, 5.74) is 0.566. The molecule has 9 nitrogen and oxygen atoms in total. The van der Waals surface area contributed by atoms with Crippen molar-refractivity contribution in [3.63, 3.8) is 0 Å². The van der Waals surface area contributed by atoms with Crippen LogP contribution in [0, 0.1) is 23.7 Å². The molecule has 2 saturated carbocycles. The van der Waals surface area contributed by atoms with Crippen LogP contribution < -0.4 is 9.47 Å². The molecule has 0 unspecified atom stereocenters. The van der Waals surface area contributed by atoms with Gasteiger partial charge in [0.15, 0.2) is 12.4 Å². The molecule has 2 aromatic carbocycles. The molecular formula is C27H25NO8. The quantitative estimate of drug-likeness (QED) is 0.240. The molecule has 1 heterocycles. The van der Waals surface area contributed by atoms with E-state index in [0.29, 0.717) is 11.3 Å². The summed E-state index contributed by atoms with van der Waals surface area (Å²) in [6.45, 7) is -1.01. The smallest absolute Gasteiger partial charge is 0.343 e. The second-order valence-electron chi connectivity index (χ2n) is 9.38. The number of methoxy groups -OCH3 is 1.